The maximum absolute atomic E-state index is 13.1. The van der Waals surface area contributed by atoms with Crippen molar-refractivity contribution in [2.24, 2.45) is 10.9 Å². The summed E-state index contributed by atoms with van der Waals surface area (Å²) in [5, 5.41) is 4.94. The number of carbonyl (C=O) groups is 2. The number of amides is 1. The molecule has 2 N–H and O–H groups in total. The molecule has 0 unspecified atom stereocenters. The number of nitrogens with zero attached hydrogens (tertiary/aromatic N) is 2. The van der Waals surface area contributed by atoms with Gasteiger partial charge in [0.25, 0.3) is 5.89 Å². The average molecular weight is 551 g/mol. The first-order valence-corrected chi connectivity index (χ1v) is 13.6. The Balaban J connectivity index is 1.53. The summed E-state index contributed by atoms with van der Waals surface area (Å²) in [5.74, 6) is -2.93. The van der Waals surface area contributed by atoms with E-state index in [1.165, 1.54) is 12.1 Å². The van der Waals surface area contributed by atoms with Crippen LogP contribution in [0.1, 0.15) is 29.1 Å². The van der Waals surface area contributed by atoms with Gasteiger partial charge in [-0.3, -0.25) is 14.6 Å². The molecule has 1 fully saturated rings. The lowest BCUT2D eigenvalue weighted by Crippen LogP contribution is -2.52. The molecule has 202 valence electrons. The molecule has 0 spiro atoms. The molecule has 13 heteroatoms. The molecule has 3 aromatic rings. The number of hydrogen-bond donors (Lipinski definition) is 2. The fourth-order valence-electron chi connectivity index (χ4n) is 3.66. The fraction of sp³-hybridized carbons (Fsp3) is 0.360. The van der Waals surface area contributed by atoms with Crippen LogP contribution in [0.5, 0.6) is 0 Å². The van der Waals surface area contributed by atoms with Crippen molar-refractivity contribution in [1.29, 1.82) is 0 Å². The molecule has 4 rings (SSSR count). The van der Waals surface area contributed by atoms with E-state index in [-0.39, 0.29) is 29.0 Å². The largest absolute Gasteiger partial charge is 0.434 e. The van der Waals surface area contributed by atoms with E-state index in [4.69, 9.17) is 4.42 Å². The van der Waals surface area contributed by atoms with Crippen molar-refractivity contribution in [3.8, 4) is 0 Å². The van der Waals surface area contributed by atoms with Crippen LogP contribution >= 0.6 is 0 Å². The number of aromatic nitrogens is 1. The van der Waals surface area contributed by atoms with Crippen molar-refractivity contribution >= 4 is 38.5 Å². The molecule has 0 radical (unpaired) electrons. The van der Waals surface area contributed by atoms with E-state index >= 15 is 0 Å². The van der Waals surface area contributed by atoms with Crippen molar-refractivity contribution < 1.29 is 35.6 Å². The first kappa shape index (κ1) is 27.3. The number of amidine groups is 1. The number of para-hydroxylation sites is 2. The Bertz CT molecular complexity index is 1400. The summed E-state index contributed by atoms with van der Waals surface area (Å²) in [5.41, 5.74) is 1.05. The predicted octanol–water partition coefficient (Wildman–Crippen LogP) is 2.92. The molecule has 1 atom stereocenters. The number of aliphatic imine (C=N–C) groups is 1. The van der Waals surface area contributed by atoms with Gasteiger partial charge in [-0.15, -0.1) is 0 Å². The van der Waals surface area contributed by atoms with Crippen molar-refractivity contribution in [3.63, 3.8) is 0 Å². The summed E-state index contributed by atoms with van der Waals surface area (Å²) in [7, 11) is -3.76. The molecular formula is C25H25F3N4O5S. The molecule has 1 aliphatic rings. The zero-order valence-electron chi connectivity index (χ0n) is 20.1. The minimum atomic E-state index is -4.62. The van der Waals surface area contributed by atoms with Gasteiger partial charge in [-0.2, -0.15) is 13.2 Å². The van der Waals surface area contributed by atoms with E-state index in [1.807, 2.05) is 0 Å². The molecule has 1 amide bonds. The van der Waals surface area contributed by atoms with Crippen molar-refractivity contribution in [2.75, 3.05) is 24.6 Å². The van der Waals surface area contributed by atoms with Crippen molar-refractivity contribution in [1.82, 2.24) is 15.6 Å². The Kier molecular flexibility index (Phi) is 8.14. The zero-order valence-corrected chi connectivity index (χ0v) is 20.9. The van der Waals surface area contributed by atoms with E-state index in [0.717, 1.165) is 12.8 Å². The number of fused-ring (bicyclic) bond motifs is 1. The lowest BCUT2D eigenvalue weighted by molar-refractivity contribution is -0.122. The second-order valence-electron chi connectivity index (χ2n) is 8.99. The van der Waals surface area contributed by atoms with Gasteiger partial charge in [0.1, 0.15) is 23.9 Å². The van der Waals surface area contributed by atoms with Gasteiger partial charge in [-0.1, -0.05) is 42.5 Å². The van der Waals surface area contributed by atoms with Crippen LogP contribution in [0.2, 0.25) is 0 Å². The Morgan fingerprint density at radius 2 is 1.76 bits per heavy atom. The van der Waals surface area contributed by atoms with Gasteiger partial charge in [0, 0.05) is 5.56 Å². The lowest BCUT2D eigenvalue weighted by Gasteiger charge is -2.21. The van der Waals surface area contributed by atoms with E-state index in [2.05, 4.69) is 20.6 Å². The SMILES string of the molecule is O=C(CNC(=O)[C@H](CS(=O)(=O)CC1CC1)NC(=NCC(F)(F)F)c1ccccc1)c1nc2ccccc2o1. The monoisotopic (exact) mass is 550 g/mol. The summed E-state index contributed by atoms with van der Waals surface area (Å²) >= 11 is 0. The third-order valence-electron chi connectivity index (χ3n) is 5.65. The van der Waals surface area contributed by atoms with Crippen LogP contribution in [0.4, 0.5) is 13.2 Å². The van der Waals surface area contributed by atoms with Crippen LogP contribution in [0.25, 0.3) is 11.1 Å². The molecule has 9 nitrogen and oxygen atoms in total. The number of benzene rings is 2. The van der Waals surface area contributed by atoms with Crippen LogP contribution < -0.4 is 10.6 Å². The van der Waals surface area contributed by atoms with E-state index in [0.29, 0.717) is 11.1 Å². The standard InChI is InChI=1S/C25H25F3N4O5S/c26-25(27,28)15-30-22(17-6-2-1-3-7-17)31-19(14-38(35,36)13-16-10-11-16)23(34)29-12-20(33)24-32-18-8-4-5-9-21(18)37-24/h1-9,16,19H,10-15H2,(H,29,34)(H,30,31)/t19-/m0/s1. The Morgan fingerprint density at radius 3 is 2.42 bits per heavy atom. The number of ketones is 1. The van der Waals surface area contributed by atoms with Crippen molar-refractivity contribution in [2.45, 2.75) is 25.1 Å². The Hall–Kier alpha value is -3.74. The molecule has 0 saturated heterocycles. The molecule has 38 heavy (non-hydrogen) atoms. The molecule has 0 bridgehead atoms. The number of hydrogen-bond acceptors (Lipinski definition) is 7. The normalized spacial score (nSPS) is 15.3. The van der Waals surface area contributed by atoms with E-state index in [1.54, 1.807) is 42.5 Å². The first-order chi connectivity index (χ1) is 18.0. The fourth-order valence-corrected chi connectivity index (χ4v) is 5.59. The van der Waals surface area contributed by atoms with Crippen LogP contribution in [-0.2, 0) is 14.6 Å². The number of carbonyl (C=O) groups excluding carboxylic acids is 2. The smallest absolute Gasteiger partial charge is 0.408 e. The lowest BCUT2D eigenvalue weighted by atomic mass is 10.2. The van der Waals surface area contributed by atoms with Gasteiger partial charge in [0.05, 0.1) is 18.1 Å². The van der Waals surface area contributed by atoms with Gasteiger partial charge >= 0.3 is 6.18 Å². The summed E-state index contributed by atoms with van der Waals surface area (Å²) in [4.78, 5) is 33.3. The van der Waals surface area contributed by atoms with Gasteiger partial charge in [0.15, 0.2) is 15.4 Å². The molecule has 1 aromatic heterocycles. The highest BCUT2D eigenvalue weighted by Crippen LogP contribution is 2.30. The maximum atomic E-state index is 13.1. The van der Waals surface area contributed by atoms with Crippen LogP contribution in [0, 0.1) is 5.92 Å². The summed E-state index contributed by atoms with van der Waals surface area (Å²) < 4.78 is 69.7. The maximum Gasteiger partial charge on any atom is 0.408 e. The Labute approximate surface area is 216 Å². The molecule has 0 aliphatic heterocycles. The summed E-state index contributed by atoms with van der Waals surface area (Å²) in [6, 6.07) is 12.9. The average Bonchev–Trinajstić information content (AvgIpc) is 3.56. The van der Waals surface area contributed by atoms with Gasteiger partial charge in [0.2, 0.25) is 11.7 Å². The molecule has 1 aliphatic carbocycles. The predicted molar refractivity (Wildman–Crippen MR) is 134 cm³/mol. The number of nitrogens with one attached hydrogen (secondary N) is 2. The summed E-state index contributed by atoms with van der Waals surface area (Å²) in [6.45, 7) is -2.10. The van der Waals surface area contributed by atoms with Crippen molar-refractivity contribution in [3.05, 3.63) is 66.1 Å². The number of sulfone groups is 1. The minimum Gasteiger partial charge on any atom is -0.434 e. The number of halogens is 3. The number of oxazole rings is 1. The second kappa shape index (κ2) is 11.3. The summed E-state index contributed by atoms with van der Waals surface area (Å²) in [6.07, 6.45) is -3.11. The van der Waals surface area contributed by atoms with Crippen LogP contribution in [-0.4, -0.2) is 67.7 Å². The topological polar surface area (TPSA) is 131 Å². The highest BCUT2D eigenvalue weighted by molar-refractivity contribution is 7.91. The highest BCUT2D eigenvalue weighted by Gasteiger charge is 2.33. The molecule has 2 aromatic carbocycles. The first-order valence-electron chi connectivity index (χ1n) is 11.8. The molecule has 1 heterocycles. The molecule has 1 saturated carbocycles. The second-order valence-corrected chi connectivity index (χ2v) is 11.1. The quantitative estimate of drug-likeness (QED) is 0.213. The zero-order chi connectivity index (χ0) is 27.3. The number of Topliss-reactive ketones (excluding diaryl/α,β-unsaturated/α-hetero) is 1. The van der Waals surface area contributed by atoms with Gasteiger partial charge in [-0.05, 0) is 30.9 Å². The molecular weight excluding hydrogens is 525 g/mol. The van der Waals surface area contributed by atoms with Crippen LogP contribution in [0.15, 0.2) is 64.0 Å². The third-order valence-corrected chi connectivity index (χ3v) is 7.47. The third kappa shape index (κ3) is 7.88. The minimum absolute atomic E-state index is 0.00283. The van der Waals surface area contributed by atoms with E-state index < -0.39 is 52.6 Å². The number of rotatable bonds is 11. The van der Waals surface area contributed by atoms with E-state index in [9.17, 15) is 31.2 Å². The van der Waals surface area contributed by atoms with Gasteiger partial charge in [-0.25, -0.2) is 13.4 Å². The van der Waals surface area contributed by atoms with Crippen LogP contribution in [0.3, 0.4) is 0 Å². The van der Waals surface area contributed by atoms with Gasteiger partial charge < -0.3 is 15.1 Å². The highest BCUT2D eigenvalue weighted by atomic mass is 32.2. The number of alkyl halides is 3. The Morgan fingerprint density at radius 1 is 1.08 bits per heavy atom.